The number of alkyl halides is 1. The summed E-state index contributed by atoms with van der Waals surface area (Å²) in [5, 5.41) is 18.6. The second-order valence-electron chi connectivity index (χ2n) is 3.33. The molecule has 12 heavy (non-hydrogen) atoms. The molecule has 0 heterocycles. The Labute approximate surface area is 80.9 Å². The van der Waals surface area contributed by atoms with Crippen LogP contribution in [0.25, 0.3) is 0 Å². The van der Waals surface area contributed by atoms with Gasteiger partial charge < -0.3 is 10.2 Å². The summed E-state index contributed by atoms with van der Waals surface area (Å²) in [5.41, 5.74) is -1.21. The van der Waals surface area contributed by atoms with Crippen LogP contribution in [0.5, 0.6) is 0 Å². The van der Waals surface area contributed by atoms with Gasteiger partial charge in [-0.1, -0.05) is 29.3 Å². The average molecular weight is 239 g/mol. The third-order valence-electron chi connectivity index (χ3n) is 2.15. The highest BCUT2D eigenvalue weighted by atomic mass is 79.9. The lowest BCUT2D eigenvalue weighted by Gasteiger charge is -2.34. The predicted molar refractivity (Wildman–Crippen MR) is 50.5 cm³/mol. The van der Waals surface area contributed by atoms with Gasteiger partial charge in [-0.15, -0.1) is 0 Å². The van der Waals surface area contributed by atoms with E-state index >= 15 is 0 Å². The van der Waals surface area contributed by atoms with Crippen molar-refractivity contribution in [3.63, 3.8) is 0 Å². The Hall–Kier alpha value is -0.0900. The highest BCUT2D eigenvalue weighted by Gasteiger charge is 2.46. The number of hydrogen-bond acceptors (Lipinski definition) is 2. The van der Waals surface area contributed by atoms with Gasteiger partial charge in [-0.3, -0.25) is 4.79 Å². The van der Waals surface area contributed by atoms with E-state index in [4.69, 9.17) is 5.11 Å². The fourth-order valence-electron chi connectivity index (χ4n) is 0.952. The van der Waals surface area contributed by atoms with Crippen LogP contribution in [0.1, 0.15) is 33.6 Å². The minimum atomic E-state index is -1.27. The van der Waals surface area contributed by atoms with E-state index in [-0.39, 0.29) is 0 Å². The number of carboxylic acid groups (broad SMARTS) is 1. The van der Waals surface area contributed by atoms with Crippen molar-refractivity contribution in [3.8, 4) is 0 Å². The maximum Gasteiger partial charge on any atom is 0.323 e. The number of aliphatic carboxylic acids is 1. The summed E-state index contributed by atoms with van der Waals surface area (Å²) in [6.45, 7) is 4.89. The van der Waals surface area contributed by atoms with Gasteiger partial charge in [0.1, 0.15) is 4.32 Å². The molecule has 0 spiro atoms. The average Bonchev–Trinajstić information content (AvgIpc) is 1.86. The lowest BCUT2D eigenvalue weighted by Crippen LogP contribution is -2.50. The van der Waals surface area contributed by atoms with E-state index < -0.39 is 15.9 Å². The zero-order chi connectivity index (χ0) is 9.99. The van der Waals surface area contributed by atoms with Crippen LogP contribution in [0.15, 0.2) is 0 Å². The van der Waals surface area contributed by atoms with Crippen molar-refractivity contribution < 1.29 is 15.0 Å². The zero-order valence-electron chi connectivity index (χ0n) is 7.59. The number of carbonyl (C=O) groups is 1. The Kier molecular flexibility index (Phi) is 3.72. The fourth-order valence-corrected chi connectivity index (χ4v) is 1.15. The summed E-state index contributed by atoms with van der Waals surface area (Å²) in [6, 6.07) is 0. The molecule has 2 atom stereocenters. The van der Waals surface area contributed by atoms with Crippen LogP contribution in [0.4, 0.5) is 0 Å². The highest BCUT2D eigenvalue weighted by Crippen LogP contribution is 2.34. The molecule has 0 aliphatic carbocycles. The van der Waals surface area contributed by atoms with Gasteiger partial charge in [-0.2, -0.15) is 0 Å². The van der Waals surface area contributed by atoms with Crippen LogP contribution in [0.2, 0.25) is 0 Å². The van der Waals surface area contributed by atoms with Crippen molar-refractivity contribution in [1.82, 2.24) is 0 Å². The van der Waals surface area contributed by atoms with Crippen LogP contribution in [-0.2, 0) is 4.79 Å². The van der Waals surface area contributed by atoms with Crippen molar-refractivity contribution in [2.75, 3.05) is 0 Å². The lowest BCUT2D eigenvalue weighted by atomic mass is 9.86. The molecule has 2 N–H and O–H groups in total. The zero-order valence-corrected chi connectivity index (χ0v) is 9.18. The van der Waals surface area contributed by atoms with Crippen molar-refractivity contribution in [1.29, 1.82) is 0 Å². The minimum absolute atomic E-state index is 0.459. The number of aliphatic hydroxyl groups is 1. The molecule has 0 aromatic rings. The van der Waals surface area contributed by atoms with Gasteiger partial charge in [-0.05, 0) is 20.3 Å². The monoisotopic (exact) mass is 238 g/mol. The highest BCUT2D eigenvalue weighted by molar-refractivity contribution is 9.10. The Morgan fingerprint density at radius 3 is 2.17 bits per heavy atom. The molecule has 0 radical (unpaired) electrons. The van der Waals surface area contributed by atoms with E-state index in [1.165, 1.54) is 13.8 Å². The van der Waals surface area contributed by atoms with Crippen molar-refractivity contribution in [3.05, 3.63) is 0 Å². The standard InChI is InChI=1S/C8H15BrO3/c1-4-5-7(2,12)8(3,9)6(10)11/h12H,4-5H2,1-3H3,(H,10,11)/t7-,8-/m0/s1. The van der Waals surface area contributed by atoms with E-state index in [1.54, 1.807) is 0 Å². The summed E-state index contributed by atoms with van der Waals surface area (Å²) in [6.07, 6.45) is 1.21. The SMILES string of the molecule is CCC[C@](C)(O)[C@@](C)(Br)C(=O)O. The first kappa shape index (κ1) is 11.9. The molecule has 0 rings (SSSR count). The van der Waals surface area contributed by atoms with Gasteiger partial charge in [-0.25, -0.2) is 0 Å². The van der Waals surface area contributed by atoms with E-state index in [1.807, 2.05) is 6.92 Å². The fraction of sp³-hybridized carbons (Fsp3) is 0.875. The van der Waals surface area contributed by atoms with E-state index in [2.05, 4.69) is 15.9 Å². The summed E-state index contributed by atoms with van der Waals surface area (Å²) in [4.78, 5) is 10.7. The summed E-state index contributed by atoms with van der Waals surface area (Å²) in [7, 11) is 0. The first-order valence-corrected chi connectivity index (χ1v) is 4.69. The second kappa shape index (κ2) is 3.75. The van der Waals surface area contributed by atoms with E-state index in [0.717, 1.165) is 6.42 Å². The smallest absolute Gasteiger partial charge is 0.323 e. The maximum absolute atomic E-state index is 10.7. The van der Waals surface area contributed by atoms with Crippen molar-refractivity contribution in [2.24, 2.45) is 0 Å². The number of rotatable bonds is 4. The first-order chi connectivity index (χ1) is 5.25. The van der Waals surface area contributed by atoms with Crippen molar-refractivity contribution >= 4 is 21.9 Å². The molecule has 0 amide bonds. The summed E-state index contributed by atoms with van der Waals surface area (Å²) in [5.74, 6) is -1.04. The van der Waals surface area contributed by atoms with E-state index in [0.29, 0.717) is 6.42 Å². The summed E-state index contributed by atoms with van der Waals surface area (Å²) >= 11 is 3.02. The van der Waals surface area contributed by atoms with Crippen molar-refractivity contribution in [2.45, 2.75) is 43.5 Å². The van der Waals surface area contributed by atoms with Gasteiger partial charge in [0, 0.05) is 0 Å². The molecular weight excluding hydrogens is 224 g/mol. The molecule has 0 aromatic carbocycles. The normalized spacial score (nSPS) is 21.1. The van der Waals surface area contributed by atoms with Gasteiger partial charge in [0.2, 0.25) is 0 Å². The molecule has 4 heteroatoms. The van der Waals surface area contributed by atoms with Gasteiger partial charge >= 0.3 is 5.97 Å². The Bertz CT molecular complexity index is 175. The van der Waals surface area contributed by atoms with Crippen LogP contribution in [-0.4, -0.2) is 26.1 Å². The van der Waals surface area contributed by atoms with E-state index in [9.17, 15) is 9.90 Å². The predicted octanol–water partition coefficient (Wildman–Crippen LogP) is 1.78. The van der Waals surface area contributed by atoms with Gasteiger partial charge in [0.25, 0.3) is 0 Å². The molecule has 72 valence electrons. The molecule has 0 aliphatic heterocycles. The number of halogens is 1. The lowest BCUT2D eigenvalue weighted by molar-refractivity contribution is -0.146. The van der Waals surface area contributed by atoms with Crippen LogP contribution in [0.3, 0.4) is 0 Å². The molecule has 0 aromatic heterocycles. The molecule has 0 saturated heterocycles. The Morgan fingerprint density at radius 1 is 1.50 bits per heavy atom. The third-order valence-corrected chi connectivity index (χ3v) is 3.34. The second-order valence-corrected chi connectivity index (χ2v) is 4.92. The van der Waals surface area contributed by atoms with Crippen LogP contribution < -0.4 is 0 Å². The quantitative estimate of drug-likeness (QED) is 0.735. The third kappa shape index (κ3) is 2.20. The van der Waals surface area contributed by atoms with Gasteiger partial charge in [0.05, 0.1) is 5.60 Å². The largest absolute Gasteiger partial charge is 0.480 e. The molecule has 0 aliphatic rings. The number of carboxylic acids is 1. The molecule has 3 nitrogen and oxygen atoms in total. The minimum Gasteiger partial charge on any atom is -0.480 e. The number of hydrogen-bond donors (Lipinski definition) is 2. The Balaban J connectivity index is 4.62. The topological polar surface area (TPSA) is 57.5 Å². The molecule has 0 unspecified atom stereocenters. The summed E-state index contributed by atoms with van der Waals surface area (Å²) < 4.78 is -1.27. The first-order valence-electron chi connectivity index (χ1n) is 3.90. The molecule has 0 fully saturated rings. The van der Waals surface area contributed by atoms with Crippen LogP contribution >= 0.6 is 15.9 Å². The molecular formula is C8H15BrO3. The molecule has 0 saturated carbocycles. The van der Waals surface area contributed by atoms with Gasteiger partial charge in [0.15, 0.2) is 0 Å². The molecule has 0 bridgehead atoms. The maximum atomic E-state index is 10.7. The Morgan fingerprint density at radius 2 is 1.92 bits per heavy atom. The van der Waals surface area contributed by atoms with Crippen LogP contribution in [0, 0.1) is 0 Å².